The van der Waals surface area contributed by atoms with Crippen molar-refractivity contribution < 1.29 is 9.53 Å². The van der Waals surface area contributed by atoms with Crippen molar-refractivity contribution >= 4 is 52.1 Å². The fraction of sp³-hybridized carbons (Fsp3) is 0.0714. The summed E-state index contributed by atoms with van der Waals surface area (Å²) in [7, 11) is 0. The van der Waals surface area contributed by atoms with E-state index in [4.69, 9.17) is 45.3 Å². The molecule has 0 heterocycles. The van der Waals surface area contributed by atoms with Gasteiger partial charge in [-0.3, -0.25) is 4.79 Å². The summed E-state index contributed by atoms with van der Waals surface area (Å²) in [6.45, 7) is -0.206. The molecule has 0 atom stereocenters. The predicted octanol–water partition coefficient (Wildman–Crippen LogP) is 4.25. The van der Waals surface area contributed by atoms with Crippen molar-refractivity contribution in [2.24, 2.45) is 0 Å². The summed E-state index contributed by atoms with van der Waals surface area (Å²) in [5.74, 6) is 0.00677. The number of anilines is 2. The predicted molar refractivity (Wildman–Crippen MR) is 86.5 cm³/mol. The second kappa shape index (κ2) is 6.89. The Morgan fingerprint density at radius 2 is 1.86 bits per heavy atom. The average Bonchev–Trinajstić information content (AvgIpc) is 2.41. The first-order chi connectivity index (χ1) is 9.95. The quantitative estimate of drug-likeness (QED) is 0.814. The number of ether oxygens (including phenoxy) is 1. The number of hydrogen-bond donors (Lipinski definition) is 2. The molecule has 110 valence electrons. The Hall–Kier alpha value is -1.62. The molecule has 0 aliphatic carbocycles. The summed E-state index contributed by atoms with van der Waals surface area (Å²) in [5.41, 5.74) is 6.55. The molecule has 0 saturated carbocycles. The number of carbonyl (C=O) groups is 1. The zero-order valence-corrected chi connectivity index (χ0v) is 13.0. The molecule has 4 nitrogen and oxygen atoms in total. The first-order valence-electron chi connectivity index (χ1n) is 5.88. The molecule has 2 aromatic carbocycles. The van der Waals surface area contributed by atoms with Crippen molar-refractivity contribution in [3.8, 4) is 5.75 Å². The Kier molecular flexibility index (Phi) is 5.17. The number of halogens is 3. The molecule has 7 heteroatoms. The molecule has 1 amide bonds. The molecule has 0 aliphatic rings. The minimum atomic E-state index is -0.368. The van der Waals surface area contributed by atoms with Crippen molar-refractivity contribution in [3.63, 3.8) is 0 Å². The Balaban J connectivity index is 1.96. The van der Waals surface area contributed by atoms with Crippen LogP contribution in [-0.4, -0.2) is 12.5 Å². The number of nitrogens with two attached hydrogens (primary N) is 1. The molecule has 0 spiro atoms. The fourth-order valence-electron chi connectivity index (χ4n) is 1.55. The topological polar surface area (TPSA) is 64.3 Å². The third-order valence-corrected chi connectivity index (χ3v) is 3.36. The molecule has 3 N–H and O–H groups in total. The molecule has 2 rings (SSSR count). The Morgan fingerprint density at radius 3 is 2.52 bits per heavy atom. The van der Waals surface area contributed by atoms with Crippen LogP contribution in [0, 0.1) is 0 Å². The second-order valence-electron chi connectivity index (χ2n) is 4.15. The zero-order chi connectivity index (χ0) is 15.4. The number of nitrogen functional groups attached to an aromatic ring is 1. The van der Waals surface area contributed by atoms with Gasteiger partial charge in [0, 0.05) is 10.7 Å². The van der Waals surface area contributed by atoms with E-state index < -0.39 is 0 Å². The van der Waals surface area contributed by atoms with Crippen molar-refractivity contribution in [2.45, 2.75) is 0 Å². The van der Waals surface area contributed by atoms with Crippen molar-refractivity contribution in [1.29, 1.82) is 0 Å². The van der Waals surface area contributed by atoms with Gasteiger partial charge < -0.3 is 15.8 Å². The minimum absolute atomic E-state index is 0.206. The van der Waals surface area contributed by atoms with Crippen molar-refractivity contribution in [1.82, 2.24) is 0 Å². The highest BCUT2D eigenvalue weighted by Gasteiger charge is 2.09. The van der Waals surface area contributed by atoms with E-state index in [0.717, 1.165) is 0 Å². The first kappa shape index (κ1) is 15.8. The normalized spacial score (nSPS) is 10.2. The zero-order valence-electron chi connectivity index (χ0n) is 10.7. The SMILES string of the molecule is Nc1ccc(NC(=O)COc2ccc(Cl)cc2Cl)c(Cl)c1. The summed E-state index contributed by atoms with van der Waals surface area (Å²) in [5, 5.41) is 3.80. The van der Waals surface area contributed by atoms with Gasteiger partial charge in [-0.05, 0) is 36.4 Å². The van der Waals surface area contributed by atoms with E-state index in [9.17, 15) is 4.79 Å². The number of carbonyl (C=O) groups excluding carboxylic acids is 1. The Labute approximate surface area is 136 Å². The van der Waals surface area contributed by atoms with E-state index in [0.29, 0.717) is 32.2 Å². The highest BCUT2D eigenvalue weighted by molar-refractivity contribution is 6.35. The lowest BCUT2D eigenvalue weighted by molar-refractivity contribution is -0.118. The fourth-order valence-corrected chi connectivity index (χ4v) is 2.25. The van der Waals surface area contributed by atoms with Crippen LogP contribution in [0.1, 0.15) is 0 Å². The number of amides is 1. The standard InChI is InChI=1S/C14H11Cl3N2O2/c15-8-1-4-13(11(17)5-8)21-7-14(20)19-12-3-2-9(18)6-10(12)16/h1-6H,7,18H2,(H,19,20). The molecular formula is C14H11Cl3N2O2. The lowest BCUT2D eigenvalue weighted by Crippen LogP contribution is -2.20. The van der Waals surface area contributed by atoms with Gasteiger partial charge in [0.1, 0.15) is 5.75 Å². The highest BCUT2D eigenvalue weighted by Crippen LogP contribution is 2.28. The number of rotatable bonds is 4. The van der Waals surface area contributed by atoms with Crippen LogP contribution in [0.2, 0.25) is 15.1 Å². The van der Waals surface area contributed by atoms with E-state index in [-0.39, 0.29) is 12.5 Å². The lowest BCUT2D eigenvalue weighted by Gasteiger charge is -2.10. The minimum Gasteiger partial charge on any atom is -0.482 e. The molecule has 0 radical (unpaired) electrons. The second-order valence-corrected chi connectivity index (χ2v) is 5.40. The monoisotopic (exact) mass is 344 g/mol. The Morgan fingerprint density at radius 1 is 1.10 bits per heavy atom. The summed E-state index contributed by atoms with van der Waals surface area (Å²) in [4.78, 5) is 11.8. The Bertz CT molecular complexity index is 677. The van der Waals surface area contributed by atoms with E-state index in [2.05, 4.69) is 5.32 Å². The summed E-state index contributed by atoms with van der Waals surface area (Å²) >= 11 is 17.7. The van der Waals surface area contributed by atoms with Crippen LogP contribution in [0.3, 0.4) is 0 Å². The summed E-state index contributed by atoms with van der Waals surface area (Å²) in [6.07, 6.45) is 0. The summed E-state index contributed by atoms with van der Waals surface area (Å²) in [6, 6.07) is 9.55. The number of nitrogens with one attached hydrogen (secondary N) is 1. The van der Waals surface area contributed by atoms with Crippen molar-refractivity contribution in [2.75, 3.05) is 17.7 Å². The van der Waals surface area contributed by atoms with Gasteiger partial charge in [-0.1, -0.05) is 34.8 Å². The first-order valence-corrected chi connectivity index (χ1v) is 7.02. The van der Waals surface area contributed by atoms with Crippen LogP contribution in [0.15, 0.2) is 36.4 Å². The van der Waals surface area contributed by atoms with Gasteiger partial charge in [-0.15, -0.1) is 0 Å². The van der Waals surface area contributed by atoms with E-state index in [1.54, 1.807) is 30.3 Å². The maximum atomic E-state index is 11.8. The van der Waals surface area contributed by atoms with Gasteiger partial charge in [0.2, 0.25) is 0 Å². The highest BCUT2D eigenvalue weighted by atomic mass is 35.5. The van der Waals surface area contributed by atoms with Crippen LogP contribution in [0.5, 0.6) is 5.75 Å². The lowest BCUT2D eigenvalue weighted by atomic mass is 10.3. The van der Waals surface area contributed by atoms with Gasteiger partial charge in [-0.25, -0.2) is 0 Å². The molecule has 0 unspecified atom stereocenters. The maximum Gasteiger partial charge on any atom is 0.262 e. The van der Waals surface area contributed by atoms with Gasteiger partial charge in [0.05, 0.1) is 15.7 Å². The largest absolute Gasteiger partial charge is 0.482 e. The van der Waals surface area contributed by atoms with Gasteiger partial charge in [0.15, 0.2) is 6.61 Å². The van der Waals surface area contributed by atoms with Crippen LogP contribution >= 0.6 is 34.8 Å². The molecule has 2 aromatic rings. The van der Waals surface area contributed by atoms with Gasteiger partial charge in [-0.2, -0.15) is 0 Å². The van der Waals surface area contributed by atoms with Crippen LogP contribution < -0.4 is 15.8 Å². The number of benzene rings is 2. The van der Waals surface area contributed by atoms with E-state index in [1.807, 2.05) is 0 Å². The van der Waals surface area contributed by atoms with Gasteiger partial charge in [0.25, 0.3) is 5.91 Å². The van der Waals surface area contributed by atoms with Crippen LogP contribution in [0.25, 0.3) is 0 Å². The third kappa shape index (κ3) is 4.43. The van der Waals surface area contributed by atoms with Crippen LogP contribution in [-0.2, 0) is 4.79 Å². The molecule has 0 fully saturated rings. The molecule has 21 heavy (non-hydrogen) atoms. The molecule has 0 aromatic heterocycles. The molecule has 0 aliphatic heterocycles. The molecule has 0 bridgehead atoms. The smallest absolute Gasteiger partial charge is 0.262 e. The third-order valence-electron chi connectivity index (χ3n) is 2.52. The number of hydrogen-bond acceptors (Lipinski definition) is 3. The summed E-state index contributed by atoms with van der Waals surface area (Å²) < 4.78 is 5.32. The van der Waals surface area contributed by atoms with E-state index >= 15 is 0 Å². The van der Waals surface area contributed by atoms with Crippen molar-refractivity contribution in [3.05, 3.63) is 51.5 Å². The van der Waals surface area contributed by atoms with Crippen LogP contribution in [0.4, 0.5) is 11.4 Å². The van der Waals surface area contributed by atoms with E-state index in [1.165, 1.54) is 6.07 Å². The van der Waals surface area contributed by atoms with Gasteiger partial charge >= 0.3 is 0 Å². The maximum absolute atomic E-state index is 11.8. The molecular weight excluding hydrogens is 335 g/mol. The average molecular weight is 346 g/mol. The molecule has 0 saturated heterocycles.